The molecule has 1 aromatic carbocycles. The van der Waals surface area contributed by atoms with Crippen LogP contribution in [0.5, 0.6) is 5.75 Å². The van der Waals surface area contributed by atoms with E-state index in [2.05, 4.69) is 15.0 Å². The molecule has 0 unspecified atom stereocenters. The smallest absolute Gasteiger partial charge is 0.481 e. The minimum Gasteiger partial charge on any atom is -0.481 e. The maximum atomic E-state index is 12.5. The van der Waals surface area contributed by atoms with E-state index >= 15 is 0 Å². The molecule has 1 aliphatic carbocycles. The average molecular weight is 410 g/mol. The number of aryl methyl sites for hydroxylation is 1. The van der Waals surface area contributed by atoms with Gasteiger partial charge in [-0.05, 0) is 49.9 Å². The molecular formula is C20H21F3N2O4. The Bertz CT molecular complexity index is 949. The number of hydrogen-bond acceptors (Lipinski definition) is 3. The number of rotatable bonds is 6. The zero-order valence-corrected chi connectivity index (χ0v) is 15.7. The van der Waals surface area contributed by atoms with Crippen LogP contribution in [-0.2, 0) is 16.0 Å². The maximum absolute atomic E-state index is 12.5. The van der Waals surface area contributed by atoms with Crippen LogP contribution in [-0.4, -0.2) is 34.9 Å². The van der Waals surface area contributed by atoms with E-state index in [1.807, 2.05) is 0 Å². The topological polar surface area (TPSA) is 91.4 Å². The highest BCUT2D eigenvalue weighted by Crippen LogP contribution is 2.30. The molecule has 1 aliphatic rings. The van der Waals surface area contributed by atoms with Gasteiger partial charge in [0.25, 0.3) is 0 Å². The molecule has 0 radical (unpaired) electrons. The van der Waals surface area contributed by atoms with E-state index in [1.54, 1.807) is 19.1 Å². The van der Waals surface area contributed by atoms with Crippen molar-refractivity contribution < 1.29 is 32.6 Å². The Morgan fingerprint density at radius 2 is 1.93 bits per heavy atom. The molecule has 0 spiro atoms. The van der Waals surface area contributed by atoms with E-state index < -0.39 is 24.2 Å². The summed E-state index contributed by atoms with van der Waals surface area (Å²) in [6.45, 7) is 2.04. The summed E-state index contributed by atoms with van der Waals surface area (Å²) in [6, 6.07) is 4.06. The quantitative estimate of drug-likeness (QED) is 0.634. The first-order valence-electron chi connectivity index (χ1n) is 9.18. The van der Waals surface area contributed by atoms with Gasteiger partial charge < -0.3 is 20.1 Å². The lowest BCUT2D eigenvalue weighted by Crippen LogP contribution is -2.39. The molecule has 0 bridgehead atoms. The molecule has 9 heteroatoms. The van der Waals surface area contributed by atoms with E-state index in [4.69, 9.17) is 0 Å². The molecule has 2 atom stereocenters. The van der Waals surface area contributed by atoms with Crippen LogP contribution in [0, 0.1) is 18.8 Å². The van der Waals surface area contributed by atoms with Gasteiger partial charge in [-0.1, -0.05) is 12.2 Å². The van der Waals surface area contributed by atoms with E-state index in [0.717, 1.165) is 11.3 Å². The lowest BCUT2D eigenvalue weighted by atomic mass is 9.82. The SMILES string of the molecule is Cc1[nH]c2ccc(OC(F)(F)F)cc2c1CCNC(=O)[C@@H]1CC=CC[C@@H]1C(=O)O. The number of carboxylic acids is 1. The van der Waals surface area contributed by atoms with Gasteiger partial charge in [0.2, 0.25) is 5.91 Å². The number of nitrogens with one attached hydrogen (secondary N) is 2. The number of aromatic nitrogens is 1. The number of halogens is 3. The van der Waals surface area contributed by atoms with Crippen LogP contribution in [0.15, 0.2) is 30.4 Å². The first kappa shape index (κ1) is 20.8. The second-order valence-electron chi connectivity index (χ2n) is 7.02. The third-order valence-electron chi connectivity index (χ3n) is 5.09. The molecular weight excluding hydrogens is 389 g/mol. The van der Waals surface area contributed by atoms with Gasteiger partial charge in [0.15, 0.2) is 0 Å². The molecule has 0 aliphatic heterocycles. The van der Waals surface area contributed by atoms with Crippen LogP contribution in [0.2, 0.25) is 0 Å². The van der Waals surface area contributed by atoms with Crippen molar-refractivity contribution in [1.29, 1.82) is 0 Å². The molecule has 2 aromatic rings. The number of allylic oxidation sites excluding steroid dienone is 2. The number of alkyl halides is 3. The largest absolute Gasteiger partial charge is 0.573 e. The van der Waals surface area contributed by atoms with Gasteiger partial charge in [0.1, 0.15) is 5.75 Å². The summed E-state index contributed by atoms with van der Waals surface area (Å²) in [4.78, 5) is 26.9. The van der Waals surface area contributed by atoms with Crippen molar-refractivity contribution >= 4 is 22.8 Å². The summed E-state index contributed by atoms with van der Waals surface area (Å²) in [6.07, 6.45) is -0.145. The number of hydrogen-bond donors (Lipinski definition) is 3. The van der Waals surface area contributed by atoms with Crippen LogP contribution in [0.3, 0.4) is 0 Å². The highest BCUT2D eigenvalue weighted by Gasteiger charge is 2.34. The predicted molar refractivity (Wildman–Crippen MR) is 99.4 cm³/mol. The average Bonchev–Trinajstić information content (AvgIpc) is 2.95. The molecule has 156 valence electrons. The Labute approximate surface area is 164 Å². The van der Waals surface area contributed by atoms with E-state index in [9.17, 15) is 27.9 Å². The lowest BCUT2D eigenvalue weighted by molar-refractivity contribution is -0.274. The number of ether oxygens (including phenoxy) is 1. The summed E-state index contributed by atoms with van der Waals surface area (Å²) in [5, 5.41) is 12.6. The van der Waals surface area contributed by atoms with Crippen molar-refractivity contribution in [3.8, 4) is 5.75 Å². The van der Waals surface area contributed by atoms with Crippen molar-refractivity contribution in [2.24, 2.45) is 11.8 Å². The second-order valence-corrected chi connectivity index (χ2v) is 7.02. The number of carboxylic acid groups (broad SMARTS) is 1. The molecule has 0 saturated carbocycles. The number of aromatic amines is 1. The zero-order valence-electron chi connectivity index (χ0n) is 15.7. The van der Waals surface area contributed by atoms with Crippen molar-refractivity contribution in [3.63, 3.8) is 0 Å². The van der Waals surface area contributed by atoms with Crippen LogP contribution >= 0.6 is 0 Å². The van der Waals surface area contributed by atoms with E-state index in [1.165, 1.54) is 18.2 Å². The maximum Gasteiger partial charge on any atom is 0.573 e. The molecule has 0 saturated heterocycles. The molecule has 3 rings (SSSR count). The fourth-order valence-electron chi connectivity index (χ4n) is 3.70. The van der Waals surface area contributed by atoms with Crippen LogP contribution in [0.1, 0.15) is 24.1 Å². The van der Waals surface area contributed by atoms with Gasteiger partial charge in [-0.15, -0.1) is 13.2 Å². The summed E-state index contributed by atoms with van der Waals surface area (Å²) in [5.74, 6) is -3.03. The minimum atomic E-state index is -4.78. The number of H-pyrrole nitrogens is 1. The van der Waals surface area contributed by atoms with Crippen LogP contribution < -0.4 is 10.1 Å². The van der Waals surface area contributed by atoms with Gasteiger partial charge in [-0.2, -0.15) is 0 Å². The molecule has 29 heavy (non-hydrogen) atoms. The third-order valence-corrected chi connectivity index (χ3v) is 5.09. The number of amides is 1. The zero-order chi connectivity index (χ0) is 21.2. The molecule has 6 nitrogen and oxygen atoms in total. The fourth-order valence-corrected chi connectivity index (χ4v) is 3.70. The van der Waals surface area contributed by atoms with E-state index in [0.29, 0.717) is 30.2 Å². The van der Waals surface area contributed by atoms with Gasteiger partial charge in [0, 0.05) is 23.1 Å². The van der Waals surface area contributed by atoms with Crippen molar-refractivity contribution in [1.82, 2.24) is 10.3 Å². The van der Waals surface area contributed by atoms with Crippen molar-refractivity contribution in [2.45, 2.75) is 32.5 Å². The summed E-state index contributed by atoms with van der Waals surface area (Å²) >= 11 is 0. The standard InChI is InChI=1S/C20H21F3N2O4/c1-11-13(16-10-12(29-20(21,22)23)6-7-17(16)25-11)8-9-24-18(26)14-4-2-3-5-15(14)19(27)28/h2-3,6-7,10,14-15,25H,4-5,8-9H2,1H3,(H,24,26)(H,27,28)/t14-,15+/m1/s1. The summed E-state index contributed by atoms with van der Waals surface area (Å²) in [7, 11) is 0. The molecule has 3 N–H and O–H groups in total. The third kappa shape index (κ3) is 4.90. The summed E-state index contributed by atoms with van der Waals surface area (Å²) < 4.78 is 41.4. The van der Waals surface area contributed by atoms with Gasteiger partial charge in [-0.25, -0.2) is 0 Å². The first-order valence-corrected chi connectivity index (χ1v) is 9.18. The number of aliphatic carboxylic acids is 1. The van der Waals surface area contributed by atoms with Gasteiger partial charge in [-0.3, -0.25) is 9.59 Å². The lowest BCUT2D eigenvalue weighted by Gasteiger charge is -2.24. The number of carbonyl (C=O) groups is 2. The Morgan fingerprint density at radius 3 is 2.59 bits per heavy atom. The van der Waals surface area contributed by atoms with Crippen LogP contribution in [0.25, 0.3) is 10.9 Å². The number of fused-ring (bicyclic) bond motifs is 1. The van der Waals surface area contributed by atoms with Crippen molar-refractivity contribution in [2.75, 3.05) is 6.54 Å². The Kier molecular flexibility index (Phi) is 5.86. The number of benzene rings is 1. The predicted octanol–water partition coefficient (Wildman–Crippen LogP) is 3.70. The van der Waals surface area contributed by atoms with Crippen molar-refractivity contribution in [3.05, 3.63) is 41.6 Å². The highest BCUT2D eigenvalue weighted by atomic mass is 19.4. The molecule has 1 heterocycles. The molecule has 1 aromatic heterocycles. The van der Waals surface area contributed by atoms with E-state index in [-0.39, 0.29) is 18.2 Å². The first-order chi connectivity index (χ1) is 13.7. The Hall–Kier alpha value is -2.97. The van der Waals surface area contributed by atoms with Gasteiger partial charge in [0.05, 0.1) is 11.8 Å². The van der Waals surface area contributed by atoms with Crippen LogP contribution in [0.4, 0.5) is 13.2 Å². The number of carbonyl (C=O) groups excluding carboxylic acids is 1. The molecule has 0 fully saturated rings. The molecule has 1 amide bonds. The van der Waals surface area contributed by atoms with Gasteiger partial charge >= 0.3 is 12.3 Å². The second kappa shape index (κ2) is 8.18. The minimum absolute atomic E-state index is 0.240. The monoisotopic (exact) mass is 410 g/mol. The highest BCUT2D eigenvalue weighted by molar-refractivity contribution is 5.87. The summed E-state index contributed by atoms with van der Waals surface area (Å²) in [5.41, 5.74) is 2.22. The Balaban J connectivity index is 1.69. The fraction of sp³-hybridized carbons (Fsp3) is 0.400. The Morgan fingerprint density at radius 1 is 1.24 bits per heavy atom. The normalized spacial score (nSPS) is 19.3.